The summed E-state index contributed by atoms with van der Waals surface area (Å²) in [7, 11) is 1.61. The third-order valence-electron chi connectivity index (χ3n) is 6.62. The molecule has 0 bridgehead atoms. The summed E-state index contributed by atoms with van der Waals surface area (Å²) in [4.78, 5) is 43.5. The maximum atomic E-state index is 13.1. The highest BCUT2D eigenvalue weighted by molar-refractivity contribution is 7.17. The topological polar surface area (TPSA) is 106 Å². The highest BCUT2D eigenvalue weighted by Gasteiger charge is 2.22. The molecule has 1 saturated carbocycles. The van der Waals surface area contributed by atoms with Crippen molar-refractivity contribution in [2.75, 3.05) is 5.32 Å². The normalized spacial score (nSPS) is 14.1. The van der Waals surface area contributed by atoms with Gasteiger partial charge in [-0.15, -0.1) is 11.3 Å². The van der Waals surface area contributed by atoms with Gasteiger partial charge in [-0.1, -0.05) is 19.3 Å². The molecule has 2 amide bonds. The number of carbonyl (C=O) groups excluding carboxylic acids is 2. The number of rotatable bonds is 5. The fourth-order valence-corrected chi connectivity index (χ4v) is 5.51. The van der Waals surface area contributed by atoms with Crippen LogP contribution in [0.25, 0.3) is 10.6 Å². The second-order valence-corrected chi connectivity index (χ2v) is 10.2. The number of nitrogens with zero attached hydrogens (tertiary/aromatic N) is 3. The number of hydrogen-bond donors (Lipinski definition) is 2. The van der Waals surface area contributed by atoms with Crippen LogP contribution in [-0.2, 0) is 7.05 Å². The molecule has 35 heavy (non-hydrogen) atoms. The average Bonchev–Trinajstić information content (AvgIpc) is 3.21. The Labute approximate surface area is 208 Å². The number of thiazole rings is 1. The van der Waals surface area contributed by atoms with Gasteiger partial charge < -0.3 is 10.6 Å². The van der Waals surface area contributed by atoms with Gasteiger partial charge >= 0.3 is 0 Å². The monoisotopic (exact) mass is 493 g/mol. The molecule has 3 aromatic rings. The number of nitrogens with one attached hydrogen (secondary N) is 2. The van der Waals surface area contributed by atoms with E-state index in [0.29, 0.717) is 32.4 Å². The van der Waals surface area contributed by atoms with E-state index in [1.54, 1.807) is 32.2 Å². The third-order valence-corrected chi connectivity index (χ3v) is 7.79. The van der Waals surface area contributed by atoms with E-state index in [1.165, 1.54) is 22.4 Å². The van der Waals surface area contributed by atoms with Crippen LogP contribution in [0.4, 0.5) is 5.69 Å². The minimum atomic E-state index is -0.297. The summed E-state index contributed by atoms with van der Waals surface area (Å²) in [6.07, 6.45) is 5.60. The van der Waals surface area contributed by atoms with Crippen LogP contribution in [0.2, 0.25) is 0 Å². The van der Waals surface area contributed by atoms with E-state index in [2.05, 4.69) is 20.7 Å². The molecule has 1 aliphatic carbocycles. The van der Waals surface area contributed by atoms with Crippen molar-refractivity contribution in [3.8, 4) is 10.6 Å². The Morgan fingerprint density at radius 2 is 1.74 bits per heavy atom. The molecule has 1 aromatic carbocycles. The van der Waals surface area contributed by atoms with Crippen molar-refractivity contribution in [2.45, 2.75) is 65.8 Å². The molecule has 0 unspecified atom stereocenters. The van der Waals surface area contributed by atoms with Crippen LogP contribution in [0.5, 0.6) is 0 Å². The number of aryl methyl sites for hydroxylation is 4. The molecule has 0 saturated heterocycles. The lowest BCUT2D eigenvalue weighted by Gasteiger charge is -2.23. The molecular formula is C26H31N5O3S. The number of anilines is 1. The van der Waals surface area contributed by atoms with E-state index >= 15 is 0 Å². The van der Waals surface area contributed by atoms with Crippen LogP contribution < -0.4 is 16.2 Å². The SMILES string of the molecule is Cc1cc(C(=O)NC2CCCCC2)ccc1NC(=O)c1sc(-c2c(C)c(C)nn(C)c2=O)nc1C. The third kappa shape index (κ3) is 5.19. The Hall–Kier alpha value is -3.33. The van der Waals surface area contributed by atoms with Gasteiger partial charge in [0.2, 0.25) is 0 Å². The summed E-state index contributed by atoms with van der Waals surface area (Å²) in [5, 5.41) is 10.8. The van der Waals surface area contributed by atoms with Gasteiger partial charge in [-0.05, 0) is 69.9 Å². The Morgan fingerprint density at radius 3 is 2.43 bits per heavy atom. The summed E-state index contributed by atoms with van der Waals surface area (Å²) in [6.45, 7) is 7.30. The Kier molecular flexibility index (Phi) is 7.16. The molecule has 9 heteroatoms. The van der Waals surface area contributed by atoms with E-state index in [1.807, 2.05) is 20.8 Å². The molecule has 1 fully saturated rings. The average molecular weight is 494 g/mol. The van der Waals surface area contributed by atoms with Gasteiger partial charge in [0.05, 0.1) is 17.0 Å². The number of hydrogen-bond acceptors (Lipinski definition) is 6. The summed E-state index contributed by atoms with van der Waals surface area (Å²) < 4.78 is 1.30. The summed E-state index contributed by atoms with van der Waals surface area (Å²) in [6, 6.07) is 5.53. The van der Waals surface area contributed by atoms with Gasteiger partial charge in [0.15, 0.2) is 0 Å². The number of carbonyl (C=O) groups is 2. The smallest absolute Gasteiger partial charge is 0.277 e. The second kappa shape index (κ2) is 10.1. The van der Waals surface area contributed by atoms with Crippen LogP contribution in [0.15, 0.2) is 23.0 Å². The first-order valence-corrected chi connectivity index (χ1v) is 12.7. The van der Waals surface area contributed by atoms with E-state index in [4.69, 9.17) is 0 Å². The molecule has 2 aromatic heterocycles. The molecule has 2 heterocycles. The minimum absolute atomic E-state index is 0.0783. The van der Waals surface area contributed by atoms with Crippen molar-refractivity contribution in [2.24, 2.45) is 7.05 Å². The van der Waals surface area contributed by atoms with Crippen molar-refractivity contribution in [3.63, 3.8) is 0 Å². The Morgan fingerprint density at radius 1 is 1.03 bits per heavy atom. The zero-order chi connectivity index (χ0) is 25.3. The standard InChI is InChI=1S/C26H31N5O3S/c1-14-13-18(23(32)28-19-9-7-6-8-10-19)11-12-20(14)29-24(33)22-17(4)27-25(35-22)21-15(2)16(3)30-31(5)26(21)34/h11-13,19H,6-10H2,1-5H3,(H,28,32)(H,29,33). The minimum Gasteiger partial charge on any atom is -0.349 e. The molecule has 0 radical (unpaired) electrons. The molecule has 0 aliphatic heterocycles. The van der Waals surface area contributed by atoms with Crippen LogP contribution in [0, 0.1) is 27.7 Å². The zero-order valence-corrected chi connectivity index (χ0v) is 21.6. The number of benzene rings is 1. The first kappa shape index (κ1) is 24.8. The van der Waals surface area contributed by atoms with Crippen molar-refractivity contribution >= 4 is 28.8 Å². The van der Waals surface area contributed by atoms with Gasteiger partial charge in [-0.25, -0.2) is 9.67 Å². The number of aromatic nitrogens is 3. The highest BCUT2D eigenvalue weighted by Crippen LogP contribution is 2.29. The fraction of sp³-hybridized carbons (Fsp3) is 0.423. The molecule has 8 nitrogen and oxygen atoms in total. The lowest BCUT2D eigenvalue weighted by molar-refractivity contribution is 0.0927. The first-order chi connectivity index (χ1) is 16.7. The van der Waals surface area contributed by atoms with Crippen LogP contribution >= 0.6 is 11.3 Å². The summed E-state index contributed by atoms with van der Waals surface area (Å²) >= 11 is 1.19. The Bertz CT molecular complexity index is 1350. The molecule has 0 spiro atoms. The summed E-state index contributed by atoms with van der Waals surface area (Å²) in [5.74, 6) is -0.376. The lowest BCUT2D eigenvalue weighted by Crippen LogP contribution is -2.36. The van der Waals surface area contributed by atoms with Crippen molar-refractivity contribution in [1.82, 2.24) is 20.1 Å². The Balaban J connectivity index is 1.52. The molecule has 4 rings (SSSR count). The molecule has 1 aliphatic rings. The van der Waals surface area contributed by atoms with Gasteiger partial charge in [-0.2, -0.15) is 5.10 Å². The summed E-state index contributed by atoms with van der Waals surface area (Å²) in [5.41, 5.74) is 4.29. The van der Waals surface area contributed by atoms with Gasteiger partial charge in [0.1, 0.15) is 9.88 Å². The van der Waals surface area contributed by atoms with E-state index in [9.17, 15) is 14.4 Å². The van der Waals surface area contributed by atoms with Gasteiger partial charge in [0, 0.05) is 24.3 Å². The zero-order valence-electron chi connectivity index (χ0n) is 20.8. The van der Waals surface area contributed by atoms with Crippen LogP contribution in [-0.4, -0.2) is 32.6 Å². The fourth-order valence-electron chi connectivity index (χ4n) is 4.45. The number of amides is 2. The predicted octanol–water partition coefficient (Wildman–Crippen LogP) is 4.45. The maximum Gasteiger partial charge on any atom is 0.277 e. The molecule has 0 atom stereocenters. The van der Waals surface area contributed by atoms with Gasteiger partial charge in [0.25, 0.3) is 17.4 Å². The van der Waals surface area contributed by atoms with Crippen molar-refractivity contribution < 1.29 is 9.59 Å². The van der Waals surface area contributed by atoms with E-state index < -0.39 is 0 Å². The second-order valence-electron chi connectivity index (χ2n) is 9.24. The molecule has 2 N–H and O–H groups in total. The quantitative estimate of drug-likeness (QED) is 0.546. The predicted molar refractivity (Wildman–Crippen MR) is 138 cm³/mol. The van der Waals surface area contributed by atoms with Crippen molar-refractivity contribution in [1.29, 1.82) is 0 Å². The maximum absolute atomic E-state index is 13.1. The van der Waals surface area contributed by atoms with Crippen LogP contribution in [0.3, 0.4) is 0 Å². The highest BCUT2D eigenvalue weighted by atomic mass is 32.1. The lowest BCUT2D eigenvalue weighted by atomic mass is 9.95. The molecular weight excluding hydrogens is 462 g/mol. The first-order valence-electron chi connectivity index (χ1n) is 11.9. The van der Waals surface area contributed by atoms with Crippen molar-refractivity contribution in [3.05, 3.63) is 61.5 Å². The van der Waals surface area contributed by atoms with Crippen LogP contribution in [0.1, 0.15) is 74.6 Å². The molecule has 184 valence electrons. The van der Waals surface area contributed by atoms with E-state index in [-0.39, 0.29) is 23.4 Å². The largest absolute Gasteiger partial charge is 0.349 e. The van der Waals surface area contributed by atoms with Gasteiger partial charge in [-0.3, -0.25) is 14.4 Å². The van der Waals surface area contributed by atoms with E-state index in [0.717, 1.165) is 42.5 Å².